The van der Waals surface area contributed by atoms with Crippen molar-refractivity contribution in [3.05, 3.63) is 28.8 Å². The highest BCUT2D eigenvalue weighted by molar-refractivity contribution is 8.00. The molecule has 0 bridgehead atoms. The molecule has 4 nitrogen and oxygen atoms in total. The van der Waals surface area contributed by atoms with Gasteiger partial charge in [0.2, 0.25) is 0 Å². The smallest absolute Gasteiger partial charge is 0.446 e. The number of hydrogen-bond acceptors (Lipinski definition) is 5. The van der Waals surface area contributed by atoms with E-state index >= 15 is 0 Å². The van der Waals surface area contributed by atoms with Crippen molar-refractivity contribution in [1.29, 1.82) is 5.26 Å². The molecule has 0 fully saturated rings. The molecule has 0 radical (unpaired) electrons. The van der Waals surface area contributed by atoms with Crippen LogP contribution in [0.2, 0.25) is 0 Å². The number of rotatable bonds is 3. The van der Waals surface area contributed by atoms with E-state index in [2.05, 4.69) is 4.74 Å². The Morgan fingerprint density at radius 1 is 1.47 bits per heavy atom. The fraction of sp³-hybridized carbons (Fsp3) is 0.182. The number of nitriles is 1. The predicted molar refractivity (Wildman–Crippen MR) is 59.8 cm³/mol. The summed E-state index contributed by atoms with van der Waals surface area (Å²) < 4.78 is 41.2. The topological polar surface area (TPSA) is 67.2 Å². The molecule has 1 rings (SSSR count). The van der Waals surface area contributed by atoms with Gasteiger partial charge in [0.1, 0.15) is 0 Å². The van der Waals surface area contributed by atoms with E-state index in [0.717, 1.165) is 19.2 Å². The van der Waals surface area contributed by atoms with Crippen LogP contribution in [0.4, 0.5) is 13.2 Å². The summed E-state index contributed by atoms with van der Waals surface area (Å²) in [5.74, 6) is -0.983. The SMILES string of the molecule is COC(=O)c1cc(SC(F)(F)F)cc(C#N)c1C=O. The summed E-state index contributed by atoms with van der Waals surface area (Å²) in [7, 11) is 1.02. The lowest BCUT2D eigenvalue weighted by Crippen LogP contribution is -2.08. The molecule has 0 saturated carbocycles. The molecular formula is C11H6F3NO3S. The third-order valence-corrected chi connectivity index (χ3v) is 2.73. The minimum absolute atomic E-state index is 0.229. The van der Waals surface area contributed by atoms with Gasteiger partial charge < -0.3 is 4.74 Å². The fourth-order valence-corrected chi connectivity index (χ4v) is 1.94. The van der Waals surface area contributed by atoms with Gasteiger partial charge in [-0.3, -0.25) is 4.79 Å². The molecule has 0 aromatic heterocycles. The van der Waals surface area contributed by atoms with Crippen molar-refractivity contribution in [1.82, 2.24) is 0 Å². The Balaban J connectivity index is 3.43. The van der Waals surface area contributed by atoms with Crippen LogP contribution in [0.1, 0.15) is 26.3 Å². The zero-order chi connectivity index (χ0) is 14.6. The van der Waals surface area contributed by atoms with E-state index in [-0.39, 0.29) is 27.9 Å². The summed E-state index contributed by atoms with van der Waals surface area (Å²) in [6, 6.07) is 3.34. The summed E-state index contributed by atoms with van der Waals surface area (Å²) >= 11 is -0.483. The molecule has 19 heavy (non-hydrogen) atoms. The number of alkyl halides is 3. The predicted octanol–water partition coefficient (Wildman–Crippen LogP) is 2.77. The van der Waals surface area contributed by atoms with Gasteiger partial charge in [0, 0.05) is 10.5 Å². The van der Waals surface area contributed by atoms with Crippen molar-refractivity contribution < 1.29 is 27.5 Å². The number of aldehydes is 1. The number of carbonyl (C=O) groups is 2. The zero-order valence-corrected chi connectivity index (χ0v) is 10.3. The average Bonchev–Trinajstić information content (AvgIpc) is 2.34. The lowest BCUT2D eigenvalue weighted by Gasteiger charge is -2.10. The van der Waals surface area contributed by atoms with Gasteiger partial charge in [-0.25, -0.2) is 4.79 Å². The Kier molecular flexibility index (Phi) is 4.56. The van der Waals surface area contributed by atoms with Gasteiger partial charge in [0.05, 0.1) is 24.3 Å². The third kappa shape index (κ3) is 3.72. The highest BCUT2D eigenvalue weighted by Crippen LogP contribution is 2.38. The number of benzene rings is 1. The molecule has 0 aliphatic heterocycles. The van der Waals surface area contributed by atoms with Crippen LogP contribution in [0.3, 0.4) is 0 Å². The quantitative estimate of drug-likeness (QED) is 0.486. The Hall–Kier alpha value is -2.01. The molecule has 0 amide bonds. The molecule has 0 saturated heterocycles. The third-order valence-electron chi connectivity index (χ3n) is 2.03. The number of ether oxygens (including phenoxy) is 1. The van der Waals surface area contributed by atoms with Crippen LogP contribution < -0.4 is 0 Å². The molecular weight excluding hydrogens is 283 g/mol. The van der Waals surface area contributed by atoms with Crippen LogP contribution in [0, 0.1) is 11.3 Å². The van der Waals surface area contributed by atoms with Crippen molar-refractivity contribution in [3.8, 4) is 6.07 Å². The van der Waals surface area contributed by atoms with Crippen molar-refractivity contribution >= 4 is 24.0 Å². The maximum absolute atomic E-state index is 12.3. The van der Waals surface area contributed by atoms with Crippen molar-refractivity contribution in [3.63, 3.8) is 0 Å². The van der Waals surface area contributed by atoms with Gasteiger partial charge in [-0.15, -0.1) is 0 Å². The van der Waals surface area contributed by atoms with Crippen molar-refractivity contribution in [2.75, 3.05) is 7.11 Å². The van der Waals surface area contributed by atoms with Crippen LogP contribution in [0.5, 0.6) is 0 Å². The second-order valence-electron chi connectivity index (χ2n) is 3.20. The van der Waals surface area contributed by atoms with Crippen LogP contribution in [-0.2, 0) is 4.74 Å². The normalized spacial score (nSPS) is 10.7. The first kappa shape index (κ1) is 15.0. The lowest BCUT2D eigenvalue weighted by molar-refractivity contribution is -0.0328. The van der Waals surface area contributed by atoms with Crippen molar-refractivity contribution in [2.24, 2.45) is 0 Å². The van der Waals surface area contributed by atoms with Gasteiger partial charge >= 0.3 is 11.5 Å². The first-order valence-corrected chi connectivity index (χ1v) is 5.51. The number of halogens is 3. The molecule has 0 spiro atoms. The van der Waals surface area contributed by atoms with Gasteiger partial charge in [0.25, 0.3) is 0 Å². The molecule has 0 unspecified atom stereocenters. The van der Waals surface area contributed by atoms with E-state index in [1.165, 1.54) is 0 Å². The summed E-state index contributed by atoms with van der Waals surface area (Å²) in [4.78, 5) is 21.9. The number of carbonyl (C=O) groups excluding carboxylic acids is 2. The van der Waals surface area contributed by atoms with Gasteiger partial charge in [-0.05, 0) is 23.9 Å². The molecule has 0 heterocycles. The number of thioether (sulfide) groups is 1. The molecule has 8 heteroatoms. The summed E-state index contributed by atoms with van der Waals surface area (Å²) in [5, 5.41) is 8.80. The fourth-order valence-electron chi connectivity index (χ4n) is 1.32. The number of esters is 1. The van der Waals surface area contributed by atoms with E-state index < -0.39 is 23.2 Å². The van der Waals surface area contributed by atoms with Gasteiger partial charge in [-0.2, -0.15) is 18.4 Å². The average molecular weight is 289 g/mol. The number of nitrogens with zero attached hydrogens (tertiary/aromatic N) is 1. The minimum Gasteiger partial charge on any atom is -0.465 e. The summed E-state index contributed by atoms with van der Waals surface area (Å²) in [5.41, 5.74) is -5.54. The number of methoxy groups -OCH3 is 1. The largest absolute Gasteiger partial charge is 0.465 e. The van der Waals surface area contributed by atoms with E-state index in [0.29, 0.717) is 0 Å². The maximum Gasteiger partial charge on any atom is 0.446 e. The minimum atomic E-state index is -4.57. The lowest BCUT2D eigenvalue weighted by atomic mass is 10.0. The molecule has 1 aromatic carbocycles. The van der Waals surface area contributed by atoms with E-state index in [9.17, 15) is 22.8 Å². The van der Waals surface area contributed by atoms with Gasteiger partial charge in [-0.1, -0.05) is 0 Å². The van der Waals surface area contributed by atoms with Crippen LogP contribution in [0.15, 0.2) is 17.0 Å². The van der Waals surface area contributed by atoms with E-state index in [1.807, 2.05) is 0 Å². The maximum atomic E-state index is 12.3. The first-order valence-electron chi connectivity index (χ1n) is 4.69. The Morgan fingerprint density at radius 3 is 2.53 bits per heavy atom. The van der Waals surface area contributed by atoms with Crippen LogP contribution in [0.25, 0.3) is 0 Å². The second-order valence-corrected chi connectivity index (χ2v) is 4.34. The molecule has 0 aliphatic rings. The molecule has 1 aromatic rings. The Bertz CT molecular complexity index is 564. The monoisotopic (exact) mass is 289 g/mol. The first-order chi connectivity index (χ1) is 8.82. The molecule has 0 N–H and O–H groups in total. The van der Waals surface area contributed by atoms with Crippen LogP contribution >= 0.6 is 11.8 Å². The standard InChI is InChI=1S/C11H6F3NO3S/c1-18-10(17)8-3-7(19-11(12,13)14)2-6(4-15)9(8)5-16/h2-3,5H,1H3. The molecule has 0 atom stereocenters. The molecule has 0 aliphatic carbocycles. The highest BCUT2D eigenvalue weighted by Gasteiger charge is 2.30. The molecule has 100 valence electrons. The number of hydrogen-bond donors (Lipinski definition) is 0. The van der Waals surface area contributed by atoms with Gasteiger partial charge in [0.15, 0.2) is 6.29 Å². The van der Waals surface area contributed by atoms with Crippen molar-refractivity contribution in [2.45, 2.75) is 10.4 Å². The summed E-state index contributed by atoms with van der Waals surface area (Å²) in [6.07, 6.45) is 0.229. The van der Waals surface area contributed by atoms with E-state index in [4.69, 9.17) is 5.26 Å². The van der Waals surface area contributed by atoms with Crippen LogP contribution in [-0.4, -0.2) is 24.9 Å². The zero-order valence-electron chi connectivity index (χ0n) is 9.45. The van der Waals surface area contributed by atoms with E-state index in [1.54, 1.807) is 6.07 Å². The Labute approximate surface area is 110 Å². The summed E-state index contributed by atoms with van der Waals surface area (Å²) in [6.45, 7) is 0. The second kappa shape index (κ2) is 5.75. The Morgan fingerprint density at radius 2 is 2.11 bits per heavy atom. The highest BCUT2D eigenvalue weighted by atomic mass is 32.2.